The molecule has 3 aromatic rings. The van der Waals surface area contributed by atoms with E-state index >= 15 is 0 Å². The molecule has 0 bridgehead atoms. The lowest BCUT2D eigenvalue weighted by atomic mass is 10.2. The number of nitrogens with zero attached hydrogens (tertiary/aromatic N) is 3. The first-order valence-corrected chi connectivity index (χ1v) is 9.79. The molecule has 0 unspecified atom stereocenters. The number of benzene rings is 2. The van der Waals surface area contributed by atoms with Crippen LogP contribution >= 0.6 is 11.8 Å². The van der Waals surface area contributed by atoms with Gasteiger partial charge in [-0.1, -0.05) is 36.0 Å². The topological polar surface area (TPSA) is 38.1 Å². The summed E-state index contributed by atoms with van der Waals surface area (Å²) >= 11 is 1.48. The van der Waals surface area contributed by atoms with Gasteiger partial charge >= 0.3 is 0 Å². The maximum absolute atomic E-state index is 13.2. The van der Waals surface area contributed by atoms with Crippen molar-refractivity contribution in [3.63, 3.8) is 0 Å². The summed E-state index contributed by atoms with van der Waals surface area (Å²) in [6, 6.07) is 14.5. The van der Waals surface area contributed by atoms with Crippen LogP contribution in [0.2, 0.25) is 0 Å². The van der Waals surface area contributed by atoms with Crippen LogP contribution in [-0.2, 0) is 11.3 Å². The SMILES string of the molecule is O=C(CSc1nc2ccccc2n1Cc1ccc(F)cc1)N1CCCC1. The van der Waals surface area contributed by atoms with Crippen LogP contribution < -0.4 is 0 Å². The van der Waals surface area contributed by atoms with E-state index in [1.54, 1.807) is 12.1 Å². The normalized spacial score (nSPS) is 14.3. The highest BCUT2D eigenvalue weighted by molar-refractivity contribution is 7.99. The number of amides is 1. The lowest BCUT2D eigenvalue weighted by Crippen LogP contribution is -2.29. The minimum absolute atomic E-state index is 0.174. The molecule has 2 heterocycles. The summed E-state index contributed by atoms with van der Waals surface area (Å²) in [5, 5.41) is 0.822. The van der Waals surface area contributed by atoms with Crippen molar-refractivity contribution >= 4 is 28.7 Å². The van der Waals surface area contributed by atoms with Gasteiger partial charge in [-0.05, 0) is 42.7 Å². The maximum Gasteiger partial charge on any atom is 0.233 e. The number of rotatable bonds is 5. The number of thioether (sulfide) groups is 1. The van der Waals surface area contributed by atoms with Gasteiger partial charge in [0.15, 0.2) is 5.16 Å². The number of halogens is 1. The van der Waals surface area contributed by atoms with Gasteiger partial charge in [0.1, 0.15) is 5.82 Å². The van der Waals surface area contributed by atoms with Crippen molar-refractivity contribution in [1.29, 1.82) is 0 Å². The zero-order chi connectivity index (χ0) is 17.9. The van der Waals surface area contributed by atoms with Gasteiger partial charge in [-0.3, -0.25) is 4.79 Å². The molecule has 134 valence electrons. The largest absolute Gasteiger partial charge is 0.342 e. The molecule has 4 rings (SSSR count). The molecule has 0 saturated carbocycles. The zero-order valence-electron chi connectivity index (χ0n) is 14.4. The fourth-order valence-corrected chi connectivity index (χ4v) is 4.19. The summed E-state index contributed by atoms with van der Waals surface area (Å²) in [5.74, 6) is 0.329. The predicted molar refractivity (Wildman–Crippen MR) is 102 cm³/mol. The molecule has 0 N–H and O–H groups in total. The Labute approximate surface area is 156 Å². The predicted octanol–water partition coefficient (Wildman–Crippen LogP) is 3.94. The summed E-state index contributed by atoms with van der Waals surface area (Å²) in [5.41, 5.74) is 2.93. The van der Waals surface area contributed by atoms with Gasteiger partial charge in [-0.2, -0.15) is 0 Å². The van der Waals surface area contributed by atoms with Gasteiger partial charge in [0, 0.05) is 13.1 Å². The van der Waals surface area contributed by atoms with Crippen molar-refractivity contribution in [3.05, 3.63) is 59.9 Å². The van der Waals surface area contributed by atoms with Gasteiger partial charge < -0.3 is 9.47 Å². The third-order valence-electron chi connectivity index (χ3n) is 4.66. The zero-order valence-corrected chi connectivity index (χ0v) is 15.2. The lowest BCUT2D eigenvalue weighted by molar-refractivity contribution is -0.127. The molecule has 26 heavy (non-hydrogen) atoms. The van der Waals surface area contributed by atoms with Crippen LogP contribution in [0.25, 0.3) is 11.0 Å². The number of aromatic nitrogens is 2. The molecule has 4 nitrogen and oxygen atoms in total. The summed E-state index contributed by atoms with van der Waals surface area (Å²) in [6.07, 6.45) is 2.19. The molecule has 0 atom stereocenters. The van der Waals surface area contributed by atoms with Crippen LogP contribution in [0.4, 0.5) is 4.39 Å². The van der Waals surface area contributed by atoms with Crippen molar-refractivity contribution in [2.75, 3.05) is 18.8 Å². The van der Waals surface area contributed by atoms with Crippen LogP contribution in [0.5, 0.6) is 0 Å². The van der Waals surface area contributed by atoms with E-state index in [2.05, 4.69) is 4.57 Å². The second-order valence-corrected chi connectivity index (χ2v) is 7.41. The molecule has 1 saturated heterocycles. The van der Waals surface area contributed by atoms with E-state index < -0.39 is 0 Å². The Morgan fingerprint density at radius 2 is 1.81 bits per heavy atom. The maximum atomic E-state index is 13.2. The van der Waals surface area contributed by atoms with Crippen molar-refractivity contribution in [1.82, 2.24) is 14.5 Å². The quantitative estimate of drug-likeness (QED) is 0.640. The number of imidazole rings is 1. The standard InChI is InChI=1S/C20H20FN3OS/c21-16-9-7-15(8-10-16)13-24-18-6-2-1-5-17(18)22-20(24)26-14-19(25)23-11-3-4-12-23/h1-2,5-10H,3-4,11-14H2. The number of para-hydroxylation sites is 2. The average Bonchev–Trinajstić information content (AvgIpc) is 3.30. The van der Waals surface area contributed by atoms with E-state index in [1.165, 1.54) is 23.9 Å². The summed E-state index contributed by atoms with van der Waals surface area (Å²) in [7, 11) is 0. The smallest absolute Gasteiger partial charge is 0.233 e. The number of likely N-dealkylation sites (tertiary alicyclic amines) is 1. The van der Waals surface area contributed by atoms with Crippen molar-refractivity contribution < 1.29 is 9.18 Å². The molecule has 0 radical (unpaired) electrons. The lowest BCUT2D eigenvalue weighted by Gasteiger charge is -2.15. The van der Waals surface area contributed by atoms with Crippen LogP contribution in [0.15, 0.2) is 53.7 Å². The summed E-state index contributed by atoms with van der Waals surface area (Å²) in [4.78, 5) is 19.0. The van der Waals surface area contributed by atoms with Gasteiger partial charge in [-0.25, -0.2) is 9.37 Å². The van der Waals surface area contributed by atoms with E-state index in [4.69, 9.17) is 4.98 Å². The first kappa shape index (κ1) is 17.1. The third-order valence-corrected chi connectivity index (χ3v) is 5.62. The van der Waals surface area contributed by atoms with E-state index in [0.29, 0.717) is 12.3 Å². The van der Waals surface area contributed by atoms with Crippen molar-refractivity contribution in [2.45, 2.75) is 24.5 Å². The highest BCUT2D eigenvalue weighted by Gasteiger charge is 2.19. The molecule has 1 amide bonds. The van der Waals surface area contributed by atoms with Crippen LogP contribution in [0.3, 0.4) is 0 Å². The fraction of sp³-hybridized carbons (Fsp3) is 0.300. The monoisotopic (exact) mass is 369 g/mol. The van der Waals surface area contributed by atoms with Crippen LogP contribution in [0, 0.1) is 5.82 Å². The second-order valence-electron chi connectivity index (χ2n) is 6.47. The molecule has 1 fully saturated rings. The Balaban J connectivity index is 1.58. The van der Waals surface area contributed by atoms with E-state index in [-0.39, 0.29) is 11.7 Å². The molecule has 6 heteroatoms. The van der Waals surface area contributed by atoms with E-state index in [0.717, 1.165) is 47.7 Å². The Bertz CT molecular complexity index is 916. The minimum atomic E-state index is -0.241. The van der Waals surface area contributed by atoms with Crippen LogP contribution in [0.1, 0.15) is 18.4 Å². The number of fused-ring (bicyclic) bond motifs is 1. The Kier molecular flexibility index (Phi) is 4.93. The second kappa shape index (κ2) is 7.50. The molecule has 0 aliphatic carbocycles. The van der Waals surface area contributed by atoms with Gasteiger partial charge in [0.25, 0.3) is 0 Å². The first-order chi connectivity index (χ1) is 12.7. The van der Waals surface area contributed by atoms with Crippen molar-refractivity contribution in [2.24, 2.45) is 0 Å². The number of hydrogen-bond donors (Lipinski definition) is 0. The molecular formula is C20H20FN3OS. The van der Waals surface area contributed by atoms with Gasteiger partial charge in [-0.15, -0.1) is 0 Å². The van der Waals surface area contributed by atoms with Crippen molar-refractivity contribution in [3.8, 4) is 0 Å². The minimum Gasteiger partial charge on any atom is -0.342 e. The fourth-order valence-electron chi connectivity index (χ4n) is 3.27. The number of carbonyl (C=O) groups excluding carboxylic acids is 1. The van der Waals surface area contributed by atoms with Gasteiger partial charge in [0.2, 0.25) is 5.91 Å². The molecule has 1 aliphatic heterocycles. The Hall–Kier alpha value is -2.34. The third kappa shape index (κ3) is 3.60. The first-order valence-electron chi connectivity index (χ1n) is 8.81. The molecule has 1 aromatic heterocycles. The van der Waals surface area contributed by atoms with E-state index in [1.807, 2.05) is 29.2 Å². The highest BCUT2D eigenvalue weighted by atomic mass is 32.2. The molecule has 2 aromatic carbocycles. The summed E-state index contributed by atoms with van der Waals surface area (Å²) < 4.78 is 15.3. The van der Waals surface area contributed by atoms with Crippen LogP contribution in [-0.4, -0.2) is 39.2 Å². The number of carbonyl (C=O) groups is 1. The summed E-state index contributed by atoms with van der Waals surface area (Å²) in [6.45, 7) is 2.33. The molecule has 0 spiro atoms. The molecular weight excluding hydrogens is 349 g/mol. The molecule has 1 aliphatic rings. The van der Waals surface area contributed by atoms with E-state index in [9.17, 15) is 9.18 Å². The Morgan fingerprint density at radius 3 is 2.58 bits per heavy atom. The number of hydrogen-bond acceptors (Lipinski definition) is 3. The Morgan fingerprint density at radius 1 is 1.08 bits per heavy atom. The highest BCUT2D eigenvalue weighted by Crippen LogP contribution is 2.26. The van der Waals surface area contributed by atoms with Gasteiger partial charge in [0.05, 0.1) is 23.3 Å². The average molecular weight is 369 g/mol.